The smallest absolute Gasteiger partial charge is 0.327 e. The Morgan fingerprint density at radius 2 is 1.17 bits per heavy atom. The van der Waals surface area contributed by atoms with E-state index in [1.54, 1.807) is 39.5 Å². The zero-order chi connectivity index (χ0) is 75.8. The van der Waals surface area contributed by atoms with Gasteiger partial charge in [-0.3, -0.25) is 48.1 Å². The van der Waals surface area contributed by atoms with Crippen LogP contribution in [-0.4, -0.2) is 243 Å². The minimum absolute atomic E-state index is 0.0211. The van der Waals surface area contributed by atoms with Crippen molar-refractivity contribution in [2.75, 3.05) is 156 Å². The average Bonchev–Trinajstić information content (AvgIpc) is 1.68. The number of allylic oxidation sites excluding steroid dienone is 1. The predicted molar refractivity (Wildman–Crippen MR) is 391 cm³/mol. The molecular weight excluding hydrogens is 1380 g/mol. The van der Waals surface area contributed by atoms with Gasteiger partial charge in [0.25, 0.3) is 0 Å². The molecule has 4 aliphatic rings. The molecule has 1 aliphatic carbocycles. The second kappa shape index (κ2) is 48.6. The van der Waals surface area contributed by atoms with E-state index in [2.05, 4.69) is 73.4 Å². The number of hydrogen-bond acceptors (Lipinski definition) is 24. The lowest BCUT2D eigenvalue weighted by Gasteiger charge is -2.31. The maximum atomic E-state index is 14.0. The lowest BCUT2D eigenvalue weighted by atomic mass is 9.95. The summed E-state index contributed by atoms with van der Waals surface area (Å²) in [6.45, 7) is 19.3. The van der Waals surface area contributed by atoms with E-state index in [1.165, 1.54) is 0 Å². The molecule has 33 heteroatoms. The monoisotopic (exact) mass is 1500 g/mol. The maximum absolute atomic E-state index is 14.0. The van der Waals surface area contributed by atoms with Gasteiger partial charge in [0.15, 0.2) is 5.78 Å². The number of Topliss-reactive ketones (excluding diaryl/α,β-unsaturated/α-hetero) is 1. The molecule has 105 heavy (non-hydrogen) atoms. The number of hydrazine groups is 4. The highest BCUT2D eigenvalue weighted by Crippen LogP contribution is 2.40. The molecule has 6 rings (SSSR count). The second-order valence-electron chi connectivity index (χ2n) is 26.7. The van der Waals surface area contributed by atoms with E-state index in [9.17, 15) is 38.1 Å². The summed E-state index contributed by atoms with van der Waals surface area (Å²) in [5.74, 6) is -3.06. The summed E-state index contributed by atoms with van der Waals surface area (Å²) in [5.41, 5.74) is 20.6. The number of rotatable bonds is 53. The number of fused-ring (bicyclic) bond motifs is 4. The summed E-state index contributed by atoms with van der Waals surface area (Å²) in [6, 6.07) is 13.2. The Labute approximate surface area is 617 Å². The van der Waals surface area contributed by atoms with Gasteiger partial charge in [0, 0.05) is 55.4 Å². The van der Waals surface area contributed by atoms with Crippen LogP contribution in [0.3, 0.4) is 0 Å². The van der Waals surface area contributed by atoms with Crippen LogP contribution in [0.2, 0.25) is 0 Å². The number of nitrogens with zero attached hydrogens (tertiary/aromatic N) is 3. The van der Waals surface area contributed by atoms with Crippen molar-refractivity contribution in [3.05, 3.63) is 76.6 Å². The first-order chi connectivity index (χ1) is 50.6. The molecule has 2 aromatic carbocycles. The normalized spacial score (nSPS) is 16.1. The number of carbonyl (C=O) groups excluding carboxylic acids is 7. The zero-order valence-electron chi connectivity index (χ0n) is 62.4. The van der Waals surface area contributed by atoms with Gasteiger partial charge in [-0.2, -0.15) is 0 Å². The van der Waals surface area contributed by atoms with Crippen LogP contribution in [0, 0.1) is 11.8 Å². The number of ether oxygens (including phenoxy) is 10. The Balaban J connectivity index is 0.819. The molecule has 0 aromatic heterocycles. The molecule has 0 spiro atoms. The molecule has 0 radical (unpaired) electrons. The Bertz CT molecular complexity index is 3120. The average molecular weight is 1500 g/mol. The van der Waals surface area contributed by atoms with E-state index in [4.69, 9.17) is 57.2 Å². The summed E-state index contributed by atoms with van der Waals surface area (Å²) >= 11 is 0. The molecule has 11 N–H and O–H groups in total. The quantitative estimate of drug-likeness (QED) is 0.0334. The van der Waals surface area contributed by atoms with Crippen LogP contribution in [0.25, 0.3) is 11.4 Å². The van der Waals surface area contributed by atoms with Crippen molar-refractivity contribution < 1.29 is 95.3 Å². The first kappa shape index (κ1) is 87.2. The molecule has 0 saturated carbocycles. The molecular formula is C72H117N12O20P. The molecule has 0 fully saturated rings. The van der Waals surface area contributed by atoms with Gasteiger partial charge in [-0.05, 0) is 76.8 Å². The zero-order valence-corrected chi connectivity index (χ0v) is 63.3. The first-order valence-corrected chi connectivity index (χ1v) is 38.8. The summed E-state index contributed by atoms with van der Waals surface area (Å²) < 4.78 is 67.1. The van der Waals surface area contributed by atoms with Crippen molar-refractivity contribution in [3.63, 3.8) is 0 Å². The Hall–Kier alpha value is -6.72. The number of para-hydroxylation sites is 1. The van der Waals surface area contributed by atoms with Gasteiger partial charge in [-0.15, -0.1) is 11.1 Å². The lowest BCUT2D eigenvalue weighted by Crippen LogP contribution is -2.57. The van der Waals surface area contributed by atoms with Gasteiger partial charge >= 0.3 is 7.60 Å². The van der Waals surface area contributed by atoms with Crippen molar-refractivity contribution in [1.82, 2.24) is 58.5 Å². The molecule has 32 nitrogen and oxygen atoms in total. The van der Waals surface area contributed by atoms with E-state index in [1.807, 2.05) is 47.5 Å². The standard InChI is InChI=1S/C72H117N12O20P/c1-51(2)66(72(91)75-54(7)70(89)52(3)4)77-71(90)58(20-15-16-27-73-64(87)50-104-61-23-10-8-9-22-60-68(61)79-80-83(60)29-32-97-35-38-100-41-42-101-43-44-102-45-46-103-47-48-105(92,93)94)76-63(86)26-30-95-33-36-98-39-40-99-37-34-96-31-28-74-62(85)24-25-65(88)82-49-55-17-11-12-18-56(55)69-67(78-81-84(69)53(5)6)57-19-13-14-21-59(57)82/h11-14,17-19,21,51-54,58,61,66,78-81H,8-10,15-16,20,22-50H2,1-7H3,(H,73,87)(H,74,85)(H,75,91)(H,76,86)(H,77,90)(H2,92,93,94)/t54-,58+,61?,66-/m0/s1. The number of hydrogen-bond donors (Lipinski definition) is 11. The van der Waals surface area contributed by atoms with Gasteiger partial charge in [-0.25, -0.2) is 0 Å². The molecule has 0 saturated heterocycles. The van der Waals surface area contributed by atoms with Crippen molar-refractivity contribution >= 4 is 65.9 Å². The Morgan fingerprint density at radius 1 is 0.581 bits per heavy atom. The number of benzene rings is 2. The van der Waals surface area contributed by atoms with E-state index in [-0.39, 0.29) is 145 Å². The fourth-order valence-corrected chi connectivity index (χ4v) is 12.2. The Kier molecular flexibility index (Phi) is 40.3. The maximum Gasteiger partial charge on any atom is 0.327 e. The molecule has 0 bridgehead atoms. The second-order valence-corrected chi connectivity index (χ2v) is 28.5. The van der Waals surface area contributed by atoms with Crippen molar-refractivity contribution in [3.8, 4) is 0 Å². The summed E-state index contributed by atoms with van der Waals surface area (Å²) in [5, 5.41) is 18.2. The SMILES string of the molecule is CC(C)C(=O)[C@H](C)NC(=O)[C@@H](NC(=O)[C@@H](CCCCNC(=O)COC1CCCCCC2=C1NNN2CCOCCOCCOCCOCCOCCP(=O)(O)O)NC(=O)CCOCCOCCOCCOCCNC(=O)CCC(=O)N1Cc2ccccc2C2=C(NNN2C(C)C)c2ccccc21)C(C)C. The van der Waals surface area contributed by atoms with Crippen LogP contribution in [0.5, 0.6) is 0 Å². The van der Waals surface area contributed by atoms with Crippen LogP contribution >= 0.6 is 7.60 Å². The van der Waals surface area contributed by atoms with Crippen LogP contribution in [0.4, 0.5) is 5.69 Å². The number of carbonyl (C=O) groups is 7. The number of unbranched alkanes of at least 4 members (excludes halogenated alkanes) is 1. The lowest BCUT2D eigenvalue weighted by molar-refractivity contribution is -0.134. The van der Waals surface area contributed by atoms with Gasteiger partial charge in [-0.1, -0.05) is 83.0 Å². The van der Waals surface area contributed by atoms with Gasteiger partial charge in [0.2, 0.25) is 35.4 Å². The molecule has 4 atom stereocenters. The third-order valence-electron chi connectivity index (χ3n) is 17.4. The fraction of sp³-hybridized carbons (Fsp3) is 0.681. The van der Waals surface area contributed by atoms with Crippen molar-refractivity contribution in [1.29, 1.82) is 0 Å². The largest absolute Gasteiger partial charge is 0.379 e. The highest BCUT2D eigenvalue weighted by atomic mass is 31.2. The minimum atomic E-state index is -4.06. The number of nitrogens with one attached hydrogen (secondary N) is 9. The molecule has 1 unspecified atom stereocenters. The van der Waals surface area contributed by atoms with Crippen LogP contribution < -0.4 is 53.4 Å². The van der Waals surface area contributed by atoms with E-state index < -0.39 is 43.4 Å². The van der Waals surface area contributed by atoms with E-state index >= 15 is 0 Å². The van der Waals surface area contributed by atoms with Gasteiger partial charge in [0.1, 0.15) is 24.8 Å². The molecule has 6 amide bonds. The molecule has 3 aliphatic heterocycles. The highest BCUT2D eigenvalue weighted by molar-refractivity contribution is 7.51. The van der Waals surface area contributed by atoms with Gasteiger partial charge < -0.3 is 99.5 Å². The van der Waals surface area contributed by atoms with E-state index in [0.29, 0.717) is 98.6 Å². The first-order valence-electron chi connectivity index (χ1n) is 37.0. The third kappa shape index (κ3) is 31.9. The summed E-state index contributed by atoms with van der Waals surface area (Å²) in [6.07, 6.45) is 4.91. The molecule has 3 heterocycles. The number of amides is 6. The molecule has 2 aromatic rings. The van der Waals surface area contributed by atoms with Crippen molar-refractivity contribution in [2.24, 2.45) is 11.8 Å². The van der Waals surface area contributed by atoms with E-state index in [0.717, 1.165) is 77.3 Å². The van der Waals surface area contributed by atoms with Gasteiger partial charge in [0.05, 0.1) is 173 Å². The third-order valence-corrected chi connectivity index (χ3v) is 18.2. The highest BCUT2D eigenvalue weighted by Gasteiger charge is 2.36. The van der Waals surface area contributed by atoms with Crippen molar-refractivity contribution in [2.45, 2.75) is 156 Å². The van der Waals surface area contributed by atoms with Crippen LogP contribution in [-0.2, 0) is 92.0 Å². The Morgan fingerprint density at radius 3 is 1.80 bits per heavy atom. The van der Waals surface area contributed by atoms with Crippen LogP contribution in [0.1, 0.15) is 136 Å². The van der Waals surface area contributed by atoms with Crippen LogP contribution in [0.15, 0.2) is 59.9 Å². The summed E-state index contributed by atoms with van der Waals surface area (Å²) in [4.78, 5) is 113. The topological polar surface area (TPSA) is 387 Å². The number of anilines is 1. The minimum Gasteiger partial charge on any atom is -0.379 e. The fourth-order valence-electron chi connectivity index (χ4n) is 11.8. The molecule has 590 valence electrons. The number of ketones is 1. The predicted octanol–water partition coefficient (Wildman–Crippen LogP) is 3.23. The summed E-state index contributed by atoms with van der Waals surface area (Å²) in [7, 11) is -4.06.